The molecule has 68 valence electrons. The Bertz CT molecular complexity index is 423. The molecular weight excluding hydrogens is 232 g/mol. The molecule has 0 aliphatic rings. The summed E-state index contributed by atoms with van der Waals surface area (Å²) in [4.78, 5) is 8.30. The van der Waals surface area contributed by atoms with Crippen molar-refractivity contribution < 1.29 is 0 Å². The Balaban J connectivity index is 2.58. The molecule has 2 rings (SSSR count). The number of hydrogen-bond donors (Lipinski definition) is 1. The van der Waals surface area contributed by atoms with Gasteiger partial charge in [-0.1, -0.05) is 0 Å². The van der Waals surface area contributed by atoms with E-state index in [4.69, 9.17) is 5.73 Å². The molecule has 0 aliphatic heterocycles. The summed E-state index contributed by atoms with van der Waals surface area (Å²) in [5.74, 6) is 0.714. The van der Waals surface area contributed by atoms with Crippen LogP contribution in [0.5, 0.6) is 0 Å². The molecule has 5 heteroatoms. The average Bonchev–Trinajstić information content (AvgIpc) is 2.49. The third-order valence-electron chi connectivity index (χ3n) is 1.81. The summed E-state index contributed by atoms with van der Waals surface area (Å²) in [7, 11) is 0. The summed E-state index contributed by atoms with van der Waals surface area (Å²) in [6, 6.07) is 0. The normalized spacial score (nSPS) is 10.9. The molecule has 0 fully saturated rings. The van der Waals surface area contributed by atoms with Crippen LogP contribution in [0.3, 0.4) is 0 Å². The molecule has 0 aliphatic carbocycles. The second-order valence-corrected chi connectivity index (χ2v) is 3.65. The highest BCUT2D eigenvalue weighted by molar-refractivity contribution is 9.10. The van der Waals surface area contributed by atoms with Crippen LogP contribution in [0.1, 0.15) is 5.69 Å². The zero-order valence-electron chi connectivity index (χ0n) is 6.94. The van der Waals surface area contributed by atoms with Crippen molar-refractivity contribution in [3.8, 4) is 0 Å². The van der Waals surface area contributed by atoms with Gasteiger partial charge < -0.3 is 5.73 Å². The second-order valence-electron chi connectivity index (χ2n) is 2.73. The van der Waals surface area contributed by atoms with E-state index >= 15 is 0 Å². The van der Waals surface area contributed by atoms with Crippen LogP contribution >= 0.6 is 15.9 Å². The lowest BCUT2D eigenvalue weighted by atomic mass is 10.3. The fraction of sp³-hybridized carbons (Fsp3) is 0.250. The van der Waals surface area contributed by atoms with E-state index < -0.39 is 0 Å². The van der Waals surface area contributed by atoms with Crippen LogP contribution in [0.2, 0.25) is 0 Å². The second kappa shape index (κ2) is 3.43. The minimum absolute atomic E-state index is 0.625. The Morgan fingerprint density at radius 3 is 2.92 bits per heavy atom. The molecule has 0 saturated carbocycles. The lowest BCUT2D eigenvalue weighted by Gasteiger charge is -1.98. The van der Waals surface area contributed by atoms with Crippen LogP contribution in [0, 0.1) is 0 Å². The molecule has 0 spiro atoms. The first-order chi connectivity index (χ1) is 6.31. The van der Waals surface area contributed by atoms with Crippen LogP contribution in [-0.2, 0) is 6.42 Å². The Kier molecular flexibility index (Phi) is 2.28. The molecule has 2 heterocycles. The lowest BCUT2D eigenvalue weighted by Crippen LogP contribution is -2.05. The van der Waals surface area contributed by atoms with Crippen LogP contribution in [0.15, 0.2) is 23.1 Å². The molecule has 0 radical (unpaired) electrons. The predicted octanol–water partition coefficient (Wildman–Crippen LogP) is 0.993. The van der Waals surface area contributed by atoms with Gasteiger partial charge in [-0.05, 0) is 22.5 Å². The molecule has 0 atom stereocenters. The molecule has 2 N–H and O–H groups in total. The van der Waals surface area contributed by atoms with Crippen molar-refractivity contribution in [1.82, 2.24) is 14.4 Å². The van der Waals surface area contributed by atoms with Crippen LogP contribution in [0.25, 0.3) is 5.78 Å². The predicted molar refractivity (Wildman–Crippen MR) is 53.4 cm³/mol. The van der Waals surface area contributed by atoms with Gasteiger partial charge in [0.1, 0.15) is 0 Å². The number of nitrogens with zero attached hydrogens (tertiary/aromatic N) is 3. The summed E-state index contributed by atoms with van der Waals surface area (Å²) in [6.45, 7) is 0.625. The van der Waals surface area contributed by atoms with Gasteiger partial charge in [-0.3, -0.25) is 4.40 Å². The Labute approximate surface area is 83.9 Å². The van der Waals surface area contributed by atoms with Gasteiger partial charge in [-0.15, -0.1) is 0 Å². The van der Waals surface area contributed by atoms with Crippen LogP contribution < -0.4 is 5.73 Å². The van der Waals surface area contributed by atoms with E-state index in [0.717, 1.165) is 16.6 Å². The monoisotopic (exact) mass is 240 g/mol. The summed E-state index contributed by atoms with van der Waals surface area (Å²) in [5.41, 5.74) is 6.56. The average molecular weight is 241 g/mol. The van der Waals surface area contributed by atoms with Gasteiger partial charge in [0.15, 0.2) is 0 Å². The van der Waals surface area contributed by atoms with Gasteiger partial charge in [0.05, 0.1) is 10.7 Å². The standard InChI is InChI=1S/C8H9BrN4/c9-6-3-11-8-12-4-7(1-2-10)13(8)5-6/h3-5H,1-2,10H2. The number of nitrogens with two attached hydrogens (primary N) is 1. The highest BCUT2D eigenvalue weighted by Gasteiger charge is 2.02. The number of hydrogen-bond acceptors (Lipinski definition) is 3. The number of rotatable bonds is 2. The van der Waals surface area contributed by atoms with Crippen molar-refractivity contribution in [2.24, 2.45) is 5.73 Å². The first-order valence-electron chi connectivity index (χ1n) is 3.99. The molecule has 0 bridgehead atoms. The molecule has 0 saturated heterocycles. The quantitative estimate of drug-likeness (QED) is 0.853. The van der Waals surface area contributed by atoms with Gasteiger partial charge in [0.25, 0.3) is 0 Å². The van der Waals surface area contributed by atoms with Crippen molar-refractivity contribution >= 4 is 21.7 Å². The Morgan fingerprint density at radius 2 is 2.15 bits per heavy atom. The first kappa shape index (κ1) is 8.65. The summed E-state index contributed by atoms with van der Waals surface area (Å²) >= 11 is 3.36. The number of halogens is 1. The van der Waals surface area contributed by atoms with Crippen LogP contribution in [-0.4, -0.2) is 20.9 Å². The van der Waals surface area contributed by atoms with E-state index in [-0.39, 0.29) is 0 Å². The van der Waals surface area contributed by atoms with Crippen molar-refractivity contribution in [1.29, 1.82) is 0 Å². The first-order valence-corrected chi connectivity index (χ1v) is 4.78. The van der Waals surface area contributed by atoms with E-state index in [9.17, 15) is 0 Å². The molecule has 0 amide bonds. The topological polar surface area (TPSA) is 56.2 Å². The zero-order valence-corrected chi connectivity index (χ0v) is 8.53. The van der Waals surface area contributed by atoms with E-state index in [0.29, 0.717) is 12.3 Å². The summed E-state index contributed by atoms with van der Waals surface area (Å²) < 4.78 is 2.88. The van der Waals surface area contributed by atoms with Crippen molar-refractivity contribution in [2.75, 3.05) is 6.54 Å². The molecule has 4 nitrogen and oxygen atoms in total. The molecular formula is C8H9BrN4. The molecule has 0 unspecified atom stereocenters. The molecule has 13 heavy (non-hydrogen) atoms. The third-order valence-corrected chi connectivity index (χ3v) is 2.22. The van der Waals surface area contributed by atoms with Crippen molar-refractivity contribution in [3.05, 3.63) is 28.8 Å². The lowest BCUT2D eigenvalue weighted by molar-refractivity contribution is 0.897. The van der Waals surface area contributed by atoms with E-state index in [1.165, 1.54) is 0 Å². The van der Waals surface area contributed by atoms with Gasteiger partial charge in [0, 0.05) is 24.5 Å². The Hall–Kier alpha value is -0.940. The van der Waals surface area contributed by atoms with Gasteiger partial charge in [-0.25, -0.2) is 9.97 Å². The van der Waals surface area contributed by atoms with E-state index in [2.05, 4.69) is 25.9 Å². The van der Waals surface area contributed by atoms with Crippen molar-refractivity contribution in [2.45, 2.75) is 6.42 Å². The largest absolute Gasteiger partial charge is 0.330 e. The number of fused-ring (bicyclic) bond motifs is 1. The SMILES string of the molecule is NCCc1cnc2ncc(Br)cn12. The van der Waals surface area contributed by atoms with Crippen LogP contribution in [0.4, 0.5) is 0 Å². The van der Waals surface area contributed by atoms with Crippen molar-refractivity contribution in [3.63, 3.8) is 0 Å². The molecule has 0 aromatic carbocycles. The zero-order chi connectivity index (χ0) is 9.26. The summed E-state index contributed by atoms with van der Waals surface area (Å²) in [6.07, 6.45) is 6.30. The van der Waals surface area contributed by atoms with Gasteiger partial charge >= 0.3 is 0 Å². The smallest absolute Gasteiger partial charge is 0.233 e. The van der Waals surface area contributed by atoms with Gasteiger partial charge in [-0.2, -0.15) is 0 Å². The fourth-order valence-corrected chi connectivity index (χ4v) is 1.54. The van der Waals surface area contributed by atoms with E-state index in [1.54, 1.807) is 6.20 Å². The highest BCUT2D eigenvalue weighted by Crippen LogP contribution is 2.10. The van der Waals surface area contributed by atoms with E-state index in [1.807, 2.05) is 16.8 Å². The number of aromatic nitrogens is 3. The third kappa shape index (κ3) is 1.57. The highest BCUT2D eigenvalue weighted by atomic mass is 79.9. The Morgan fingerprint density at radius 1 is 1.38 bits per heavy atom. The minimum Gasteiger partial charge on any atom is -0.330 e. The minimum atomic E-state index is 0.625. The molecule has 2 aromatic heterocycles. The maximum Gasteiger partial charge on any atom is 0.233 e. The maximum absolute atomic E-state index is 5.48. The molecule has 2 aromatic rings. The fourth-order valence-electron chi connectivity index (χ4n) is 1.23. The number of imidazole rings is 1. The maximum atomic E-state index is 5.48. The van der Waals surface area contributed by atoms with Gasteiger partial charge in [0.2, 0.25) is 5.78 Å². The summed E-state index contributed by atoms with van der Waals surface area (Å²) in [5, 5.41) is 0.